The van der Waals surface area contributed by atoms with Crippen LogP contribution in [0.1, 0.15) is 32.3 Å². The first-order chi connectivity index (χ1) is 20.7. The number of sulfonamides is 1. The number of anilines is 2. The highest BCUT2D eigenvalue weighted by Gasteiger charge is 2.32. The second kappa shape index (κ2) is 12.2. The molecule has 2 atom stereocenters. The largest absolute Gasteiger partial charge is 0.437 e. The average Bonchev–Trinajstić information content (AvgIpc) is 2.96. The molecule has 0 radical (unpaired) electrons. The van der Waals surface area contributed by atoms with Gasteiger partial charge in [0.25, 0.3) is 0 Å². The van der Waals surface area contributed by atoms with E-state index in [-0.39, 0.29) is 53.2 Å². The average molecular weight is 633 g/mol. The van der Waals surface area contributed by atoms with Crippen LogP contribution in [0.4, 0.5) is 29.2 Å². The SMILES string of the molecule is Cc1c(F)c(NS(=O)(=O)CCC(C)(F)F)c2ccccc2c1Oc1ncccc1-c1ccnc(N[C@@H]2CNC[C@@](C)(F)C2)n1. The zero-order valence-corrected chi connectivity index (χ0v) is 25.1. The zero-order valence-electron chi connectivity index (χ0n) is 24.3. The van der Waals surface area contributed by atoms with E-state index in [1.807, 2.05) is 0 Å². The molecule has 0 unspecified atom stereocenters. The van der Waals surface area contributed by atoms with Crippen LogP contribution in [0.2, 0.25) is 0 Å². The predicted molar refractivity (Wildman–Crippen MR) is 161 cm³/mol. The van der Waals surface area contributed by atoms with Crippen molar-refractivity contribution in [1.82, 2.24) is 20.3 Å². The van der Waals surface area contributed by atoms with Crippen LogP contribution in [0.15, 0.2) is 54.9 Å². The molecular formula is C30H32F4N6O3S. The Morgan fingerprint density at radius 1 is 1.11 bits per heavy atom. The number of benzene rings is 2. The molecule has 234 valence electrons. The molecule has 3 heterocycles. The lowest BCUT2D eigenvalue weighted by Gasteiger charge is -2.33. The van der Waals surface area contributed by atoms with E-state index in [4.69, 9.17) is 4.74 Å². The molecule has 1 aliphatic heterocycles. The minimum atomic E-state index is -4.30. The number of ether oxygens (including phenoxy) is 1. The number of alkyl halides is 3. The molecule has 0 aliphatic carbocycles. The van der Waals surface area contributed by atoms with Gasteiger partial charge in [-0.3, -0.25) is 4.72 Å². The van der Waals surface area contributed by atoms with Gasteiger partial charge in [-0.2, -0.15) is 0 Å². The van der Waals surface area contributed by atoms with Gasteiger partial charge < -0.3 is 15.4 Å². The fourth-order valence-electron chi connectivity index (χ4n) is 5.05. The third-order valence-electron chi connectivity index (χ3n) is 7.19. The van der Waals surface area contributed by atoms with Crippen LogP contribution in [0, 0.1) is 12.7 Å². The Bertz CT molecular complexity index is 1780. The summed E-state index contributed by atoms with van der Waals surface area (Å²) < 4.78 is 90.7. The van der Waals surface area contributed by atoms with Crippen molar-refractivity contribution in [3.63, 3.8) is 0 Å². The normalized spacial score (nSPS) is 19.1. The summed E-state index contributed by atoms with van der Waals surface area (Å²) in [7, 11) is -4.30. The molecule has 9 nitrogen and oxygen atoms in total. The summed E-state index contributed by atoms with van der Waals surface area (Å²) in [6, 6.07) is 11.2. The fourth-order valence-corrected chi connectivity index (χ4v) is 6.29. The molecule has 0 spiro atoms. The van der Waals surface area contributed by atoms with Crippen LogP contribution in [0.5, 0.6) is 11.6 Å². The minimum absolute atomic E-state index is 0.0251. The van der Waals surface area contributed by atoms with Crippen molar-refractivity contribution in [2.24, 2.45) is 0 Å². The van der Waals surface area contributed by atoms with Gasteiger partial charge in [0.15, 0.2) is 5.82 Å². The maximum absolute atomic E-state index is 15.8. The summed E-state index contributed by atoms with van der Waals surface area (Å²) in [5.41, 5.74) is -0.851. The lowest BCUT2D eigenvalue weighted by Crippen LogP contribution is -2.50. The number of hydrogen-bond donors (Lipinski definition) is 3. The number of halogens is 4. The molecule has 44 heavy (non-hydrogen) atoms. The summed E-state index contributed by atoms with van der Waals surface area (Å²) in [6.07, 6.45) is 2.40. The van der Waals surface area contributed by atoms with E-state index in [2.05, 4.69) is 30.3 Å². The van der Waals surface area contributed by atoms with E-state index < -0.39 is 39.6 Å². The van der Waals surface area contributed by atoms with Crippen LogP contribution >= 0.6 is 0 Å². The molecule has 0 saturated carbocycles. The second-order valence-corrected chi connectivity index (χ2v) is 13.1. The summed E-state index contributed by atoms with van der Waals surface area (Å²) in [4.78, 5) is 13.2. The van der Waals surface area contributed by atoms with Gasteiger partial charge in [-0.25, -0.2) is 40.9 Å². The van der Waals surface area contributed by atoms with Crippen LogP contribution in [-0.4, -0.2) is 59.8 Å². The molecule has 2 aromatic heterocycles. The number of pyridine rings is 1. The number of fused-ring (bicyclic) bond motifs is 1. The van der Waals surface area contributed by atoms with Crippen molar-refractivity contribution in [3.05, 3.63) is 66.2 Å². The van der Waals surface area contributed by atoms with Gasteiger partial charge in [0.05, 0.1) is 22.7 Å². The lowest BCUT2D eigenvalue weighted by atomic mass is 9.95. The summed E-state index contributed by atoms with van der Waals surface area (Å²) in [5, 5.41) is 6.76. The molecule has 1 aliphatic rings. The predicted octanol–water partition coefficient (Wildman–Crippen LogP) is 6.22. The smallest absolute Gasteiger partial charge is 0.246 e. The standard InChI is InChI=1S/C30H32F4N6O3S/c1-18-24(31)25(40-44(41,42)14-11-30(3,33)34)20-7-4-5-8-21(20)26(18)43-27-22(9-6-12-36-27)23-10-13-37-28(39-23)38-19-15-29(2,32)17-35-16-19/h4-10,12-13,19,35,40H,11,14-17H2,1-3H3,(H,37,38,39)/t19-,29-/m0/s1. The van der Waals surface area contributed by atoms with Gasteiger partial charge in [0, 0.05) is 60.7 Å². The summed E-state index contributed by atoms with van der Waals surface area (Å²) in [5.74, 6) is -4.54. The van der Waals surface area contributed by atoms with Crippen LogP contribution in [0.3, 0.4) is 0 Å². The molecule has 0 amide bonds. The summed E-state index contributed by atoms with van der Waals surface area (Å²) in [6.45, 7) is 4.38. The molecular weight excluding hydrogens is 600 g/mol. The van der Waals surface area contributed by atoms with Gasteiger partial charge in [0.2, 0.25) is 27.8 Å². The van der Waals surface area contributed by atoms with Gasteiger partial charge in [-0.15, -0.1) is 0 Å². The molecule has 5 rings (SSSR count). The van der Waals surface area contributed by atoms with Crippen molar-refractivity contribution < 1.29 is 30.7 Å². The number of hydrogen-bond acceptors (Lipinski definition) is 8. The van der Waals surface area contributed by atoms with Gasteiger partial charge >= 0.3 is 0 Å². The van der Waals surface area contributed by atoms with Crippen molar-refractivity contribution in [1.29, 1.82) is 0 Å². The zero-order chi connectivity index (χ0) is 31.7. The number of aromatic nitrogens is 3. The Hall–Kier alpha value is -4.04. The van der Waals surface area contributed by atoms with Crippen molar-refractivity contribution >= 4 is 32.4 Å². The molecule has 1 fully saturated rings. The monoisotopic (exact) mass is 632 g/mol. The van der Waals surface area contributed by atoms with Crippen molar-refractivity contribution in [2.45, 2.75) is 51.2 Å². The molecule has 0 bridgehead atoms. The van der Waals surface area contributed by atoms with Crippen LogP contribution < -0.4 is 20.1 Å². The van der Waals surface area contributed by atoms with E-state index in [0.717, 1.165) is 0 Å². The first-order valence-corrected chi connectivity index (χ1v) is 15.6. The van der Waals surface area contributed by atoms with E-state index in [0.29, 0.717) is 30.1 Å². The third-order valence-corrected chi connectivity index (χ3v) is 8.45. The minimum Gasteiger partial charge on any atom is -0.437 e. The number of nitrogens with one attached hydrogen (secondary N) is 3. The van der Waals surface area contributed by atoms with Crippen LogP contribution in [0.25, 0.3) is 22.0 Å². The molecule has 4 aromatic rings. The van der Waals surface area contributed by atoms with Crippen molar-refractivity contribution in [3.8, 4) is 22.9 Å². The highest BCUT2D eigenvalue weighted by Crippen LogP contribution is 2.42. The molecule has 3 N–H and O–H groups in total. The Morgan fingerprint density at radius 2 is 1.86 bits per heavy atom. The van der Waals surface area contributed by atoms with Gasteiger partial charge in [-0.05, 0) is 39.0 Å². The number of piperidine rings is 1. The highest BCUT2D eigenvalue weighted by atomic mass is 32.2. The fraction of sp³-hybridized carbons (Fsp3) is 0.367. The molecule has 2 aromatic carbocycles. The van der Waals surface area contributed by atoms with Gasteiger partial charge in [0.1, 0.15) is 11.4 Å². The maximum Gasteiger partial charge on any atom is 0.246 e. The number of nitrogens with zero attached hydrogens (tertiary/aromatic N) is 3. The second-order valence-electron chi connectivity index (χ2n) is 11.2. The van der Waals surface area contributed by atoms with Gasteiger partial charge in [-0.1, -0.05) is 24.3 Å². The van der Waals surface area contributed by atoms with Crippen LogP contribution in [-0.2, 0) is 10.0 Å². The first-order valence-electron chi connectivity index (χ1n) is 13.9. The highest BCUT2D eigenvalue weighted by molar-refractivity contribution is 7.92. The van der Waals surface area contributed by atoms with E-state index in [1.165, 1.54) is 26.1 Å². The summed E-state index contributed by atoms with van der Waals surface area (Å²) >= 11 is 0. The van der Waals surface area contributed by atoms with E-state index in [1.54, 1.807) is 42.6 Å². The maximum atomic E-state index is 15.8. The van der Waals surface area contributed by atoms with E-state index in [9.17, 15) is 21.6 Å². The molecule has 14 heteroatoms. The number of rotatable bonds is 10. The molecule has 1 saturated heterocycles. The first kappa shape index (κ1) is 31.4. The Balaban J connectivity index is 1.48. The Morgan fingerprint density at radius 3 is 2.59 bits per heavy atom. The topological polar surface area (TPSA) is 118 Å². The quantitative estimate of drug-likeness (QED) is 0.177. The lowest BCUT2D eigenvalue weighted by molar-refractivity contribution is 0.0189. The Kier molecular flexibility index (Phi) is 8.67. The third kappa shape index (κ3) is 7.36. The van der Waals surface area contributed by atoms with Crippen molar-refractivity contribution in [2.75, 3.05) is 28.9 Å². The Labute approximate surface area is 252 Å². The van der Waals surface area contributed by atoms with E-state index >= 15 is 4.39 Å².